The number of nitrogens with zero attached hydrogens (tertiary/aromatic N) is 2. The number of hydrogen-bond donors (Lipinski definition) is 2. The maximum atomic E-state index is 11.5. The molecule has 0 bridgehead atoms. The zero-order valence-corrected chi connectivity index (χ0v) is 21.0. The number of methoxy groups -OCH3 is 2. The third kappa shape index (κ3) is 4.93. The SMILES string of the molecule is COC(=O)/C=C/c1ccc2c(c1)CCC2N(CCc1c[nH]c2cc(OC)ccc12)Cc1cn[nH]c1C. The van der Waals surface area contributed by atoms with Crippen molar-refractivity contribution in [2.75, 3.05) is 20.8 Å². The summed E-state index contributed by atoms with van der Waals surface area (Å²) in [4.78, 5) is 17.5. The second-order valence-electron chi connectivity index (χ2n) is 9.34. The molecule has 0 saturated carbocycles. The van der Waals surface area contributed by atoms with E-state index in [0.717, 1.165) is 54.9 Å². The quantitative estimate of drug-likeness (QED) is 0.254. The van der Waals surface area contributed by atoms with E-state index in [4.69, 9.17) is 9.47 Å². The molecule has 1 aliphatic rings. The van der Waals surface area contributed by atoms with Crippen LogP contribution in [0.3, 0.4) is 0 Å². The fraction of sp³-hybridized carbons (Fsp3) is 0.310. The van der Waals surface area contributed by atoms with E-state index in [-0.39, 0.29) is 5.97 Å². The third-order valence-electron chi connectivity index (χ3n) is 7.22. The Hall–Kier alpha value is -3.84. The molecule has 0 saturated heterocycles. The van der Waals surface area contributed by atoms with Gasteiger partial charge in [0, 0.05) is 59.6 Å². The van der Waals surface area contributed by atoms with Crippen LogP contribution in [0.15, 0.2) is 54.9 Å². The standard InChI is InChI=1S/C29H32N4O3/c1-19-23(17-31-32-19)18-33(13-12-22-16-30-27-15-24(35-2)7-9-25(22)27)28-10-6-21-14-20(4-8-26(21)28)5-11-29(34)36-3/h4-5,7-9,11,14-17,28,30H,6,10,12-13,18H2,1-3H3,(H,31,32)/b11-5+. The van der Waals surface area contributed by atoms with Gasteiger partial charge in [0.15, 0.2) is 0 Å². The highest BCUT2D eigenvalue weighted by Crippen LogP contribution is 2.38. The topological polar surface area (TPSA) is 83.2 Å². The van der Waals surface area contributed by atoms with E-state index in [2.05, 4.69) is 57.5 Å². The zero-order valence-electron chi connectivity index (χ0n) is 21.0. The van der Waals surface area contributed by atoms with Gasteiger partial charge in [-0.05, 0) is 66.6 Å². The van der Waals surface area contributed by atoms with Crippen LogP contribution in [0.4, 0.5) is 0 Å². The summed E-state index contributed by atoms with van der Waals surface area (Å²) in [6.45, 7) is 3.85. The predicted molar refractivity (Wildman–Crippen MR) is 141 cm³/mol. The van der Waals surface area contributed by atoms with Crippen molar-refractivity contribution < 1.29 is 14.3 Å². The van der Waals surface area contributed by atoms with Crippen molar-refractivity contribution >= 4 is 22.9 Å². The van der Waals surface area contributed by atoms with Crippen LogP contribution in [0.5, 0.6) is 5.75 Å². The van der Waals surface area contributed by atoms with Gasteiger partial charge in [0.25, 0.3) is 0 Å². The van der Waals surface area contributed by atoms with Gasteiger partial charge in [-0.3, -0.25) is 10.00 Å². The lowest BCUT2D eigenvalue weighted by molar-refractivity contribution is -0.134. The van der Waals surface area contributed by atoms with E-state index in [9.17, 15) is 4.79 Å². The van der Waals surface area contributed by atoms with E-state index in [1.807, 2.05) is 24.4 Å². The Morgan fingerprint density at radius 1 is 1.19 bits per heavy atom. The molecule has 1 atom stereocenters. The molecule has 2 heterocycles. The first-order chi connectivity index (χ1) is 17.6. The van der Waals surface area contributed by atoms with Crippen LogP contribution < -0.4 is 4.74 Å². The molecule has 1 unspecified atom stereocenters. The van der Waals surface area contributed by atoms with Gasteiger partial charge in [0.05, 0.1) is 20.4 Å². The van der Waals surface area contributed by atoms with Crippen LogP contribution in [-0.4, -0.2) is 46.8 Å². The fourth-order valence-corrected chi connectivity index (χ4v) is 5.19. The van der Waals surface area contributed by atoms with Crippen molar-refractivity contribution in [2.45, 2.75) is 38.8 Å². The van der Waals surface area contributed by atoms with Gasteiger partial charge in [0.2, 0.25) is 0 Å². The first kappa shape index (κ1) is 23.9. The average molecular weight is 485 g/mol. The summed E-state index contributed by atoms with van der Waals surface area (Å²) in [5.41, 5.74) is 8.48. The molecule has 0 spiro atoms. The largest absolute Gasteiger partial charge is 0.497 e. The molecule has 0 aliphatic heterocycles. The van der Waals surface area contributed by atoms with Crippen molar-refractivity contribution in [1.82, 2.24) is 20.1 Å². The molecule has 2 aromatic carbocycles. The lowest BCUT2D eigenvalue weighted by Gasteiger charge is -2.29. The number of hydrogen-bond acceptors (Lipinski definition) is 5. The molecule has 0 amide bonds. The maximum Gasteiger partial charge on any atom is 0.330 e. The molecule has 5 rings (SSSR count). The van der Waals surface area contributed by atoms with E-state index < -0.39 is 0 Å². The number of carbonyl (C=O) groups excluding carboxylic acids is 1. The van der Waals surface area contributed by atoms with Crippen LogP contribution in [0.1, 0.15) is 46.0 Å². The molecule has 7 heteroatoms. The number of aromatic nitrogens is 3. The minimum atomic E-state index is -0.342. The summed E-state index contributed by atoms with van der Waals surface area (Å²) in [5.74, 6) is 0.516. The van der Waals surface area contributed by atoms with Crippen LogP contribution in [0.2, 0.25) is 0 Å². The summed E-state index contributed by atoms with van der Waals surface area (Å²) >= 11 is 0. The van der Waals surface area contributed by atoms with E-state index in [1.165, 1.54) is 40.8 Å². The lowest BCUT2D eigenvalue weighted by Crippen LogP contribution is -2.29. The van der Waals surface area contributed by atoms with Gasteiger partial charge in [-0.25, -0.2) is 4.79 Å². The fourth-order valence-electron chi connectivity index (χ4n) is 5.19. The first-order valence-corrected chi connectivity index (χ1v) is 12.3. The number of esters is 1. The number of fused-ring (bicyclic) bond motifs is 2. The Kier molecular flexibility index (Phi) is 6.91. The van der Waals surface area contributed by atoms with Gasteiger partial charge in [0.1, 0.15) is 5.75 Å². The summed E-state index contributed by atoms with van der Waals surface area (Å²) in [5, 5.41) is 8.58. The average Bonchev–Trinajstić information content (AvgIpc) is 3.62. The molecule has 0 radical (unpaired) electrons. The molecule has 1 aliphatic carbocycles. The second-order valence-corrected chi connectivity index (χ2v) is 9.34. The number of rotatable bonds is 9. The van der Waals surface area contributed by atoms with Crippen molar-refractivity contribution in [3.8, 4) is 5.75 Å². The van der Waals surface area contributed by atoms with E-state index >= 15 is 0 Å². The number of nitrogens with one attached hydrogen (secondary N) is 2. The van der Waals surface area contributed by atoms with Gasteiger partial charge in [-0.15, -0.1) is 0 Å². The molecule has 0 fully saturated rings. The van der Waals surface area contributed by atoms with Crippen LogP contribution in [0.25, 0.3) is 17.0 Å². The monoisotopic (exact) mass is 484 g/mol. The van der Waals surface area contributed by atoms with Crippen molar-refractivity contribution in [3.05, 3.63) is 88.4 Å². The van der Waals surface area contributed by atoms with Crippen molar-refractivity contribution in [3.63, 3.8) is 0 Å². The first-order valence-electron chi connectivity index (χ1n) is 12.3. The Morgan fingerprint density at radius 2 is 2.08 bits per heavy atom. The predicted octanol–water partition coefficient (Wildman–Crippen LogP) is 5.13. The molecule has 7 nitrogen and oxygen atoms in total. The van der Waals surface area contributed by atoms with E-state index in [0.29, 0.717) is 6.04 Å². The Labute approximate surface area is 211 Å². The second kappa shape index (κ2) is 10.4. The van der Waals surface area contributed by atoms with Crippen molar-refractivity contribution in [2.24, 2.45) is 0 Å². The van der Waals surface area contributed by atoms with Gasteiger partial charge in [-0.1, -0.05) is 18.2 Å². The van der Waals surface area contributed by atoms with Gasteiger partial charge >= 0.3 is 5.97 Å². The Morgan fingerprint density at radius 3 is 2.86 bits per heavy atom. The molecule has 36 heavy (non-hydrogen) atoms. The molecule has 2 N–H and O–H groups in total. The highest BCUT2D eigenvalue weighted by molar-refractivity contribution is 5.87. The number of aryl methyl sites for hydroxylation is 2. The van der Waals surface area contributed by atoms with Crippen LogP contribution in [-0.2, 0) is 28.9 Å². The van der Waals surface area contributed by atoms with Gasteiger partial charge in [-0.2, -0.15) is 5.10 Å². The normalized spacial score (nSPS) is 15.2. The molecular formula is C29H32N4O3. The minimum absolute atomic E-state index is 0.332. The number of ether oxygens (including phenoxy) is 2. The molecular weight excluding hydrogens is 452 g/mol. The maximum absolute atomic E-state index is 11.5. The summed E-state index contributed by atoms with van der Waals surface area (Å²) in [7, 11) is 3.09. The Balaban J connectivity index is 1.39. The Bertz CT molecular complexity index is 1400. The summed E-state index contributed by atoms with van der Waals surface area (Å²) in [6.07, 6.45) is 10.4. The molecule has 186 valence electrons. The minimum Gasteiger partial charge on any atom is -0.497 e. The lowest BCUT2D eigenvalue weighted by atomic mass is 10.0. The highest BCUT2D eigenvalue weighted by atomic mass is 16.5. The third-order valence-corrected chi connectivity index (χ3v) is 7.22. The molecule has 4 aromatic rings. The molecule has 2 aromatic heterocycles. The number of benzene rings is 2. The number of aromatic amines is 2. The number of carbonyl (C=O) groups is 1. The van der Waals surface area contributed by atoms with E-state index in [1.54, 1.807) is 7.11 Å². The summed E-state index contributed by atoms with van der Waals surface area (Å²) < 4.78 is 10.1. The van der Waals surface area contributed by atoms with Crippen molar-refractivity contribution in [1.29, 1.82) is 0 Å². The zero-order chi connectivity index (χ0) is 25.1. The van der Waals surface area contributed by atoms with Crippen LogP contribution in [0, 0.1) is 6.92 Å². The smallest absolute Gasteiger partial charge is 0.330 e. The number of H-pyrrole nitrogens is 2. The summed E-state index contributed by atoms with van der Waals surface area (Å²) in [6, 6.07) is 13.0. The van der Waals surface area contributed by atoms with Crippen LogP contribution >= 0.6 is 0 Å². The highest BCUT2D eigenvalue weighted by Gasteiger charge is 2.28. The van der Waals surface area contributed by atoms with Gasteiger partial charge < -0.3 is 14.5 Å².